The number of aryl methyl sites for hydroxylation is 2. The van der Waals surface area contributed by atoms with E-state index in [2.05, 4.69) is 27.5 Å². The molecule has 122 valence electrons. The van der Waals surface area contributed by atoms with Crippen molar-refractivity contribution >= 4 is 28.3 Å². The fraction of sp³-hybridized carbons (Fsp3) is 0.235. The van der Waals surface area contributed by atoms with E-state index < -0.39 is 0 Å². The summed E-state index contributed by atoms with van der Waals surface area (Å²) in [5.41, 5.74) is 9.18. The molecule has 4 rings (SSSR count). The third kappa shape index (κ3) is 2.09. The van der Waals surface area contributed by atoms with Crippen LogP contribution in [0.1, 0.15) is 16.1 Å². The van der Waals surface area contributed by atoms with Gasteiger partial charge in [-0.15, -0.1) is 0 Å². The van der Waals surface area contributed by atoms with Crippen molar-refractivity contribution in [2.45, 2.75) is 6.92 Å². The fourth-order valence-electron chi connectivity index (χ4n) is 3.05. The van der Waals surface area contributed by atoms with Crippen LogP contribution >= 0.6 is 0 Å². The molecule has 0 saturated carbocycles. The van der Waals surface area contributed by atoms with E-state index in [0.717, 1.165) is 22.3 Å². The predicted octanol–water partition coefficient (Wildman–Crippen LogP) is 1.90. The van der Waals surface area contributed by atoms with E-state index in [4.69, 9.17) is 10.5 Å². The summed E-state index contributed by atoms with van der Waals surface area (Å²) in [5, 5.41) is 1.09. The molecular formula is C17H17N5O2. The number of ether oxygens (including phenoxy) is 1. The summed E-state index contributed by atoms with van der Waals surface area (Å²) in [6.45, 7) is 2.83. The highest BCUT2D eigenvalue weighted by Crippen LogP contribution is 2.30. The molecule has 2 N–H and O–H groups in total. The van der Waals surface area contributed by atoms with Gasteiger partial charge in [-0.05, 0) is 31.2 Å². The number of hydrogen-bond donors (Lipinski definition) is 1. The number of carbonyl (C=O) groups excluding carboxylic acids is 1. The first-order valence-corrected chi connectivity index (χ1v) is 7.67. The Morgan fingerprint density at radius 1 is 1.25 bits per heavy atom. The Bertz CT molecular complexity index is 963. The number of benzene rings is 1. The first kappa shape index (κ1) is 14.5. The number of carbonyl (C=O) groups is 1. The number of aromatic nitrogens is 3. The summed E-state index contributed by atoms with van der Waals surface area (Å²) in [4.78, 5) is 22.5. The standard InChI is InChI=1S/C17H17N5O2/c1-10-7-11-8-12(3-4-13(11)21(10)2)22-5-6-24-16-14(17(22)23)15(18)19-9-20-16/h3-4,7-9H,5-6H2,1-2H3,(H2,18,19,20). The van der Waals surface area contributed by atoms with Gasteiger partial charge >= 0.3 is 0 Å². The van der Waals surface area contributed by atoms with Crippen molar-refractivity contribution in [2.75, 3.05) is 23.8 Å². The van der Waals surface area contributed by atoms with Crippen LogP contribution in [0.25, 0.3) is 10.9 Å². The summed E-state index contributed by atoms with van der Waals surface area (Å²) in [6, 6.07) is 8.06. The third-order valence-corrected chi connectivity index (χ3v) is 4.43. The van der Waals surface area contributed by atoms with Crippen LogP contribution in [0.15, 0.2) is 30.6 Å². The van der Waals surface area contributed by atoms with Gasteiger partial charge < -0.3 is 19.9 Å². The molecule has 0 bridgehead atoms. The van der Waals surface area contributed by atoms with Crippen LogP contribution in [0.3, 0.4) is 0 Å². The second kappa shape index (κ2) is 5.23. The van der Waals surface area contributed by atoms with Crippen molar-refractivity contribution in [3.8, 4) is 5.88 Å². The van der Waals surface area contributed by atoms with Crippen molar-refractivity contribution in [3.63, 3.8) is 0 Å². The van der Waals surface area contributed by atoms with Gasteiger partial charge in [-0.3, -0.25) is 4.79 Å². The van der Waals surface area contributed by atoms with Gasteiger partial charge in [0.25, 0.3) is 5.91 Å². The number of anilines is 2. The van der Waals surface area contributed by atoms with Gasteiger partial charge in [0.15, 0.2) is 0 Å². The highest BCUT2D eigenvalue weighted by Gasteiger charge is 2.28. The lowest BCUT2D eigenvalue weighted by atomic mass is 10.2. The molecule has 1 aromatic carbocycles. The highest BCUT2D eigenvalue weighted by atomic mass is 16.5. The molecule has 2 aromatic heterocycles. The van der Waals surface area contributed by atoms with E-state index in [1.807, 2.05) is 25.2 Å². The van der Waals surface area contributed by atoms with Crippen LogP contribution in [0.4, 0.5) is 11.5 Å². The maximum atomic E-state index is 12.9. The first-order valence-electron chi connectivity index (χ1n) is 7.67. The average molecular weight is 323 g/mol. The molecule has 0 unspecified atom stereocenters. The molecule has 1 amide bonds. The van der Waals surface area contributed by atoms with Crippen LogP contribution in [-0.2, 0) is 7.05 Å². The lowest BCUT2D eigenvalue weighted by Crippen LogP contribution is -2.32. The van der Waals surface area contributed by atoms with Crippen molar-refractivity contribution in [1.29, 1.82) is 0 Å². The molecule has 3 aromatic rings. The second-order valence-electron chi connectivity index (χ2n) is 5.83. The molecule has 0 aliphatic carbocycles. The Morgan fingerprint density at radius 2 is 2.08 bits per heavy atom. The van der Waals surface area contributed by atoms with Crippen LogP contribution < -0.4 is 15.4 Å². The maximum Gasteiger partial charge on any atom is 0.267 e. The van der Waals surface area contributed by atoms with Crippen LogP contribution in [0.5, 0.6) is 5.88 Å². The lowest BCUT2D eigenvalue weighted by molar-refractivity contribution is 0.0990. The summed E-state index contributed by atoms with van der Waals surface area (Å²) in [7, 11) is 2.02. The SMILES string of the molecule is Cc1cc2cc(N3CCOc4ncnc(N)c4C3=O)ccc2n1C. The molecule has 7 nitrogen and oxygen atoms in total. The van der Waals surface area contributed by atoms with Crippen LogP contribution in [-0.4, -0.2) is 33.6 Å². The maximum absolute atomic E-state index is 12.9. The molecule has 3 heterocycles. The minimum Gasteiger partial charge on any atom is -0.475 e. The second-order valence-corrected chi connectivity index (χ2v) is 5.83. The fourth-order valence-corrected chi connectivity index (χ4v) is 3.05. The van der Waals surface area contributed by atoms with E-state index >= 15 is 0 Å². The summed E-state index contributed by atoms with van der Waals surface area (Å²) >= 11 is 0. The lowest BCUT2D eigenvalue weighted by Gasteiger charge is -2.20. The molecule has 24 heavy (non-hydrogen) atoms. The van der Waals surface area contributed by atoms with E-state index in [1.165, 1.54) is 6.33 Å². The largest absolute Gasteiger partial charge is 0.475 e. The smallest absolute Gasteiger partial charge is 0.267 e. The highest BCUT2D eigenvalue weighted by molar-refractivity contribution is 6.11. The van der Waals surface area contributed by atoms with E-state index in [9.17, 15) is 4.79 Å². The van der Waals surface area contributed by atoms with Gasteiger partial charge in [0.1, 0.15) is 24.3 Å². The van der Waals surface area contributed by atoms with Gasteiger partial charge in [-0.1, -0.05) is 0 Å². The van der Waals surface area contributed by atoms with Crippen molar-refractivity contribution in [1.82, 2.24) is 14.5 Å². The van der Waals surface area contributed by atoms with Crippen molar-refractivity contribution in [3.05, 3.63) is 41.9 Å². The number of rotatable bonds is 1. The van der Waals surface area contributed by atoms with E-state index in [1.54, 1.807) is 4.90 Å². The third-order valence-electron chi connectivity index (χ3n) is 4.43. The van der Waals surface area contributed by atoms with Gasteiger partial charge in [0, 0.05) is 29.3 Å². The number of amides is 1. The number of fused-ring (bicyclic) bond motifs is 2. The topological polar surface area (TPSA) is 86.3 Å². The molecule has 0 fully saturated rings. The summed E-state index contributed by atoms with van der Waals surface area (Å²) < 4.78 is 7.68. The van der Waals surface area contributed by atoms with Gasteiger partial charge in [0.2, 0.25) is 5.88 Å². The van der Waals surface area contributed by atoms with Gasteiger partial charge in [-0.2, -0.15) is 0 Å². The zero-order valence-corrected chi connectivity index (χ0v) is 13.5. The zero-order chi connectivity index (χ0) is 16.8. The van der Waals surface area contributed by atoms with Gasteiger partial charge in [0.05, 0.1) is 6.54 Å². The average Bonchev–Trinajstić information content (AvgIpc) is 2.74. The molecule has 0 atom stereocenters. The van der Waals surface area contributed by atoms with Crippen LogP contribution in [0.2, 0.25) is 0 Å². The zero-order valence-electron chi connectivity index (χ0n) is 13.5. The Hall–Kier alpha value is -3.09. The van der Waals surface area contributed by atoms with Crippen molar-refractivity contribution < 1.29 is 9.53 Å². The molecule has 0 spiro atoms. The minimum atomic E-state index is -0.243. The van der Waals surface area contributed by atoms with Crippen molar-refractivity contribution in [2.24, 2.45) is 7.05 Å². The summed E-state index contributed by atoms with van der Waals surface area (Å²) in [5.74, 6) is 0.132. The first-order chi connectivity index (χ1) is 11.6. The molecule has 1 aliphatic rings. The monoisotopic (exact) mass is 323 g/mol. The quantitative estimate of drug-likeness (QED) is 0.739. The Labute approximate surface area is 138 Å². The normalized spacial score (nSPS) is 14.4. The molecule has 0 saturated heterocycles. The molecule has 1 aliphatic heterocycles. The van der Waals surface area contributed by atoms with Gasteiger partial charge in [-0.25, -0.2) is 9.97 Å². The Balaban J connectivity index is 1.81. The predicted molar refractivity (Wildman–Crippen MR) is 91.3 cm³/mol. The number of hydrogen-bond acceptors (Lipinski definition) is 5. The van der Waals surface area contributed by atoms with E-state index in [0.29, 0.717) is 13.2 Å². The molecule has 7 heteroatoms. The van der Waals surface area contributed by atoms with E-state index in [-0.39, 0.29) is 23.2 Å². The van der Waals surface area contributed by atoms with Crippen LogP contribution in [0, 0.1) is 6.92 Å². The number of nitrogens with zero attached hydrogens (tertiary/aromatic N) is 4. The molecular weight excluding hydrogens is 306 g/mol. The summed E-state index contributed by atoms with van der Waals surface area (Å²) in [6.07, 6.45) is 1.30. The molecule has 0 radical (unpaired) electrons. The number of nitrogens with two attached hydrogens (primary N) is 1. The number of nitrogen functional groups attached to an aromatic ring is 1. The Kier molecular flexibility index (Phi) is 3.16. The Morgan fingerprint density at radius 3 is 2.92 bits per heavy atom. The minimum absolute atomic E-state index is 0.133.